The van der Waals surface area contributed by atoms with E-state index in [4.69, 9.17) is 0 Å². The third-order valence-electron chi connectivity index (χ3n) is 5.29. The number of hydrogen-bond acceptors (Lipinski definition) is 3. The van der Waals surface area contributed by atoms with E-state index in [1.54, 1.807) is 0 Å². The van der Waals surface area contributed by atoms with Crippen molar-refractivity contribution in [3.63, 3.8) is 0 Å². The first kappa shape index (κ1) is 18.7. The maximum atomic E-state index is 12.4. The molecular weight excluding hydrogens is 328 g/mol. The van der Waals surface area contributed by atoms with Crippen LogP contribution in [0.2, 0.25) is 0 Å². The van der Waals surface area contributed by atoms with Crippen molar-refractivity contribution in [1.29, 1.82) is 0 Å². The van der Waals surface area contributed by atoms with Crippen LogP contribution in [0.5, 0.6) is 0 Å². The predicted octanol–water partition coefficient (Wildman–Crippen LogP) is 3.42. The lowest BCUT2D eigenvalue weighted by molar-refractivity contribution is -0.120. The number of urea groups is 1. The average molecular weight is 358 g/mol. The van der Waals surface area contributed by atoms with Gasteiger partial charge >= 0.3 is 6.03 Å². The number of carbonyl (C=O) groups excluding carboxylic acids is 2. The largest absolute Gasteiger partial charge is 0.326 e. The number of rotatable bonds is 3. The van der Waals surface area contributed by atoms with Gasteiger partial charge in [-0.1, -0.05) is 12.8 Å². The first-order valence-corrected chi connectivity index (χ1v) is 9.82. The molecule has 3 rings (SSSR count). The Morgan fingerprint density at radius 2 is 1.62 bits per heavy atom. The van der Waals surface area contributed by atoms with E-state index in [9.17, 15) is 9.59 Å². The van der Waals surface area contributed by atoms with Crippen molar-refractivity contribution in [2.45, 2.75) is 51.5 Å². The third kappa shape index (κ3) is 5.21. The second-order valence-electron chi connectivity index (χ2n) is 7.47. The van der Waals surface area contributed by atoms with Crippen molar-refractivity contribution in [1.82, 2.24) is 10.2 Å². The Morgan fingerprint density at radius 1 is 1.00 bits per heavy atom. The molecule has 0 spiro atoms. The number of piperidine rings is 1. The van der Waals surface area contributed by atoms with Crippen LogP contribution < -0.4 is 16.0 Å². The Bertz CT molecular complexity index is 574. The van der Waals surface area contributed by atoms with Gasteiger partial charge in [0, 0.05) is 36.4 Å². The van der Waals surface area contributed by atoms with Gasteiger partial charge in [-0.3, -0.25) is 4.79 Å². The monoisotopic (exact) mass is 358 g/mol. The summed E-state index contributed by atoms with van der Waals surface area (Å²) in [7, 11) is 0. The summed E-state index contributed by atoms with van der Waals surface area (Å²) < 4.78 is 0. The van der Waals surface area contributed by atoms with Crippen LogP contribution in [0, 0.1) is 5.92 Å². The molecule has 2 atom stereocenters. The molecule has 142 valence electrons. The molecule has 2 heterocycles. The molecule has 3 amide bonds. The van der Waals surface area contributed by atoms with Gasteiger partial charge in [-0.2, -0.15) is 0 Å². The minimum Gasteiger partial charge on any atom is -0.326 e. The van der Waals surface area contributed by atoms with E-state index in [1.807, 2.05) is 29.2 Å². The van der Waals surface area contributed by atoms with Crippen LogP contribution in [0.1, 0.15) is 45.4 Å². The average Bonchev–Trinajstić information content (AvgIpc) is 2.93. The van der Waals surface area contributed by atoms with Gasteiger partial charge in [0.2, 0.25) is 5.91 Å². The van der Waals surface area contributed by atoms with E-state index in [2.05, 4.69) is 22.9 Å². The molecule has 6 nitrogen and oxygen atoms in total. The second-order valence-corrected chi connectivity index (χ2v) is 7.47. The first-order chi connectivity index (χ1) is 12.6. The molecule has 0 aliphatic carbocycles. The second kappa shape index (κ2) is 9.03. The van der Waals surface area contributed by atoms with Crippen LogP contribution in [-0.2, 0) is 4.79 Å². The molecule has 0 saturated carbocycles. The summed E-state index contributed by atoms with van der Waals surface area (Å²) in [6, 6.07) is 7.73. The van der Waals surface area contributed by atoms with Gasteiger partial charge in [0.15, 0.2) is 0 Å². The van der Waals surface area contributed by atoms with E-state index < -0.39 is 0 Å². The number of anilines is 2. The molecule has 26 heavy (non-hydrogen) atoms. The highest BCUT2D eigenvalue weighted by Gasteiger charge is 2.24. The van der Waals surface area contributed by atoms with Crippen LogP contribution in [-0.4, -0.2) is 42.5 Å². The molecule has 1 aromatic rings. The highest BCUT2D eigenvalue weighted by Crippen LogP contribution is 2.20. The van der Waals surface area contributed by atoms with Crippen LogP contribution in [0.3, 0.4) is 0 Å². The summed E-state index contributed by atoms with van der Waals surface area (Å²) in [6.45, 7) is 4.66. The normalized spacial score (nSPS) is 23.8. The minimum atomic E-state index is -0.0348. The van der Waals surface area contributed by atoms with E-state index >= 15 is 0 Å². The van der Waals surface area contributed by atoms with Gasteiger partial charge < -0.3 is 20.9 Å². The van der Waals surface area contributed by atoms with E-state index in [0.717, 1.165) is 56.7 Å². The summed E-state index contributed by atoms with van der Waals surface area (Å²) in [5.41, 5.74) is 1.53. The van der Waals surface area contributed by atoms with E-state index in [0.29, 0.717) is 6.04 Å². The van der Waals surface area contributed by atoms with E-state index in [1.165, 1.54) is 12.8 Å². The van der Waals surface area contributed by atoms with Crippen LogP contribution in [0.25, 0.3) is 0 Å². The van der Waals surface area contributed by atoms with Gasteiger partial charge in [0.25, 0.3) is 0 Å². The van der Waals surface area contributed by atoms with Crippen molar-refractivity contribution in [3.05, 3.63) is 24.3 Å². The topological polar surface area (TPSA) is 73.5 Å². The van der Waals surface area contributed by atoms with Crippen molar-refractivity contribution in [2.75, 3.05) is 30.3 Å². The summed E-state index contributed by atoms with van der Waals surface area (Å²) in [5.74, 6) is 0.147. The number of likely N-dealkylation sites (tertiary alicyclic amines) is 1. The summed E-state index contributed by atoms with van der Waals surface area (Å²) in [5, 5.41) is 9.31. The van der Waals surface area contributed by atoms with Crippen molar-refractivity contribution in [3.8, 4) is 0 Å². The molecule has 0 bridgehead atoms. The highest BCUT2D eigenvalue weighted by molar-refractivity contribution is 5.93. The molecule has 2 aliphatic rings. The Balaban J connectivity index is 1.51. The molecule has 0 unspecified atom stereocenters. The van der Waals surface area contributed by atoms with Gasteiger partial charge in [-0.05, 0) is 63.4 Å². The van der Waals surface area contributed by atoms with Gasteiger partial charge in [-0.15, -0.1) is 0 Å². The van der Waals surface area contributed by atoms with Crippen LogP contribution in [0.4, 0.5) is 16.2 Å². The van der Waals surface area contributed by atoms with Gasteiger partial charge in [0.05, 0.1) is 0 Å². The fourth-order valence-electron chi connectivity index (χ4n) is 3.73. The zero-order valence-corrected chi connectivity index (χ0v) is 15.6. The lowest BCUT2D eigenvalue weighted by Crippen LogP contribution is -2.40. The summed E-state index contributed by atoms with van der Waals surface area (Å²) >= 11 is 0. The maximum Gasteiger partial charge on any atom is 0.321 e. The SMILES string of the molecule is C[C@H]1C[C@@H](C(=O)Nc2ccc(NC(=O)N3CCCCCC3)cc2)CCN1. The fourth-order valence-corrected chi connectivity index (χ4v) is 3.73. The molecule has 3 N–H and O–H groups in total. The predicted molar refractivity (Wildman–Crippen MR) is 104 cm³/mol. The lowest BCUT2D eigenvalue weighted by Gasteiger charge is -2.27. The maximum absolute atomic E-state index is 12.4. The number of benzene rings is 1. The number of amides is 3. The number of carbonyl (C=O) groups is 2. The molecule has 6 heteroatoms. The number of hydrogen-bond donors (Lipinski definition) is 3. The van der Waals surface area contributed by atoms with Crippen molar-refractivity contribution in [2.24, 2.45) is 5.92 Å². The molecule has 0 aromatic heterocycles. The van der Waals surface area contributed by atoms with E-state index in [-0.39, 0.29) is 17.9 Å². The highest BCUT2D eigenvalue weighted by atomic mass is 16.2. The van der Waals surface area contributed by atoms with Crippen LogP contribution in [0.15, 0.2) is 24.3 Å². The van der Waals surface area contributed by atoms with Crippen molar-refractivity contribution >= 4 is 23.3 Å². The smallest absolute Gasteiger partial charge is 0.321 e. The van der Waals surface area contributed by atoms with Crippen molar-refractivity contribution < 1.29 is 9.59 Å². The first-order valence-electron chi connectivity index (χ1n) is 9.82. The molecular formula is C20H30N4O2. The standard InChI is InChI=1S/C20H30N4O2/c1-15-14-16(10-11-21-15)19(25)22-17-6-8-18(9-7-17)23-20(26)24-12-4-2-3-5-13-24/h6-9,15-16,21H,2-5,10-14H2,1H3,(H,22,25)(H,23,26)/t15-,16-/m0/s1. The molecule has 1 aromatic carbocycles. The zero-order chi connectivity index (χ0) is 18.4. The summed E-state index contributed by atoms with van der Waals surface area (Å²) in [6.07, 6.45) is 6.30. The summed E-state index contributed by atoms with van der Waals surface area (Å²) in [4.78, 5) is 26.6. The Kier molecular flexibility index (Phi) is 6.50. The Hall–Kier alpha value is -2.08. The van der Waals surface area contributed by atoms with Gasteiger partial charge in [0.1, 0.15) is 0 Å². The molecule has 2 aliphatic heterocycles. The molecule has 0 radical (unpaired) electrons. The fraction of sp³-hybridized carbons (Fsp3) is 0.600. The number of nitrogens with zero attached hydrogens (tertiary/aromatic N) is 1. The Morgan fingerprint density at radius 3 is 2.23 bits per heavy atom. The Labute approximate surface area is 155 Å². The van der Waals surface area contributed by atoms with Gasteiger partial charge in [-0.25, -0.2) is 4.79 Å². The minimum absolute atomic E-state index is 0.0348. The molecule has 2 fully saturated rings. The third-order valence-corrected chi connectivity index (χ3v) is 5.29. The zero-order valence-electron chi connectivity index (χ0n) is 15.6. The lowest BCUT2D eigenvalue weighted by atomic mass is 9.92. The quantitative estimate of drug-likeness (QED) is 0.775. The molecule has 2 saturated heterocycles. The van der Waals surface area contributed by atoms with Crippen LogP contribution >= 0.6 is 0 Å². The number of nitrogens with one attached hydrogen (secondary N) is 3.